The summed E-state index contributed by atoms with van der Waals surface area (Å²) in [4.78, 5) is 2.12. The third-order valence-corrected chi connectivity index (χ3v) is 3.81. The van der Waals surface area contributed by atoms with Crippen molar-refractivity contribution in [1.29, 1.82) is 0 Å². The molecule has 0 amide bonds. The average molecular weight is 285 g/mol. The van der Waals surface area contributed by atoms with Crippen LogP contribution in [0.2, 0.25) is 0 Å². The van der Waals surface area contributed by atoms with Crippen LogP contribution in [-0.2, 0) is 14.2 Å². The van der Waals surface area contributed by atoms with E-state index in [0.29, 0.717) is 18.2 Å². The summed E-state index contributed by atoms with van der Waals surface area (Å²) in [6.07, 6.45) is 4.71. The molecule has 0 saturated carbocycles. The maximum Gasteiger partial charge on any atom is 0.259 e. The second kappa shape index (κ2) is 6.20. The minimum atomic E-state index is -0.539. The topological polar surface area (TPSA) is 30.9 Å². The van der Waals surface area contributed by atoms with Crippen molar-refractivity contribution in [2.75, 3.05) is 19.7 Å². The van der Waals surface area contributed by atoms with Crippen LogP contribution in [0.5, 0.6) is 0 Å². The molecule has 0 aromatic heterocycles. The molecule has 0 aromatic carbocycles. The zero-order chi connectivity index (χ0) is 13.9. The van der Waals surface area contributed by atoms with Gasteiger partial charge in [-0.2, -0.15) is 0 Å². The SMILES string of the molecule is C=CC[C@H](OC(=S)N1CCCC1)[C@H]1COC(C)(C)O1. The first-order chi connectivity index (χ1) is 9.02. The molecule has 2 aliphatic heterocycles. The summed E-state index contributed by atoms with van der Waals surface area (Å²) in [5.41, 5.74) is 0. The summed E-state index contributed by atoms with van der Waals surface area (Å²) >= 11 is 5.37. The molecule has 19 heavy (non-hydrogen) atoms. The van der Waals surface area contributed by atoms with Gasteiger partial charge in [0.15, 0.2) is 5.79 Å². The van der Waals surface area contributed by atoms with E-state index in [9.17, 15) is 0 Å². The van der Waals surface area contributed by atoms with E-state index in [0.717, 1.165) is 13.1 Å². The zero-order valence-corrected chi connectivity index (χ0v) is 12.6. The van der Waals surface area contributed by atoms with Gasteiger partial charge in [-0.25, -0.2) is 0 Å². The molecule has 0 unspecified atom stereocenters. The summed E-state index contributed by atoms with van der Waals surface area (Å²) in [5.74, 6) is -0.539. The fraction of sp³-hybridized carbons (Fsp3) is 0.786. The van der Waals surface area contributed by atoms with Crippen molar-refractivity contribution < 1.29 is 14.2 Å². The molecule has 2 atom stereocenters. The van der Waals surface area contributed by atoms with Crippen molar-refractivity contribution in [2.45, 2.75) is 51.1 Å². The van der Waals surface area contributed by atoms with Crippen molar-refractivity contribution in [3.05, 3.63) is 12.7 Å². The minimum Gasteiger partial charge on any atom is -0.464 e. The van der Waals surface area contributed by atoms with Gasteiger partial charge < -0.3 is 19.1 Å². The summed E-state index contributed by atoms with van der Waals surface area (Å²) in [5, 5.41) is 0.581. The fourth-order valence-electron chi connectivity index (χ4n) is 2.44. The van der Waals surface area contributed by atoms with Crippen LogP contribution in [0.3, 0.4) is 0 Å². The highest BCUT2D eigenvalue weighted by molar-refractivity contribution is 7.80. The van der Waals surface area contributed by atoms with Crippen molar-refractivity contribution in [3.63, 3.8) is 0 Å². The minimum absolute atomic E-state index is 0.0893. The number of ether oxygens (including phenoxy) is 3. The Balaban J connectivity index is 1.92. The fourth-order valence-corrected chi connectivity index (χ4v) is 2.75. The number of likely N-dealkylation sites (tertiary alicyclic amines) is 1. The van der Waals surface area contributed by atoms with Crippen LogP contribution in [0.4, 0.5) is 0 Å². The number of thiocarbonyl (C=S) groups is 1. The van der Waals surface area contributed by atoms with E-state index in [4.69, 9.17) is 26.4 Å². The van der Waals surface area contributed by atoms with E-state index >= 15 is 0 Å². The van der Waals surface area contributed by atoms with Gasteiger partial charge in [-0.1, -0.05) is 6.08 Å². The number of nitrogens with zero attached hydrogens (tertiary/aromatic N) is 1. The molecule has 0 spiro atoms. The Labute approximate surface area is 120 Å². The Morgan fingerprint density at radius 1 is 1.53 bits per heavy atom. The zero-order valence-electron chi connectivity index (χ0n) is 11.8. The van der Waals surface area contributed by atoms with E-state index in [1.54, 1.807) is 0 Å². The van der Waals surface area contributed by atoms with Crippen molar-refractivity contribution in [3.8, 4) is 0 Å². The monoisotopic (exact) mass is 285 g/mol. The molecule has 0 bridgehead atoms. The first-order valence-corrected chi connectivity index (χ1v) is 7.31. The first kappa shape index (κ1) is 14.8. The van der Waals surface area contributed by atoms with Gasteiger partial charge in [0.2, 0.25) is 0 Å². The summed E-state index contributed by atoms with van der Waals surface area (Å²) in [7, 11) is 0. The molecule has 0 aromatic rings. The smallest absolute Gasteiger partial charge is 0.259 e. The van der Waals surface area contributed by atoms with Gasteiger partial charge in [0.05, 0.1) is 6.61 Å². The van der Waals surface area contributed by atoms with Gasteiger partial charge in [0.1, 0.15) is 12.2 Å². The van der Waals surface area contributed by atoms with Crippen molar-refractivity contribution in [2.24, 2.45) is 0 Å². The lowest BCUT2D eigenvalue weighted by molar-refractivity contribution is -0.149. The van der Waals surface area contributed by atoms with Gasteiger partial charge in [-0.3, -0.25) is 0 Å². The molecule has 0 N–H and O–H groups in total. The third-order valence-electron chi connectivity index (χ3n) is 3.46. The maximum absolute atomic E-state index is 5.93. The van der Waals surface area contributed by atoms with Gasteiger partial charge in [-0.15, -0.1) is 6.58 Å². The lowest BCUT2D eigenvalue weighted by atomic mass is 10.1. The molecule has 2 rings (SSSR count). The summed E-state index contributed by atoms with van der Waals surface area (Å²) < 4.78 is 17.4. The highest BCUT2D eigenvalue weighted by Crippen LogP contribution is 2.27. The van der Waals surface area contributed by atoms with Crippen LogP contribution in [0.15, 0.2) is 12.7 Å². The highest BCUT2D eigenvalue weighted by Gasteiger charge is 2.38. The maximum atomic E-state index is 5.93. The quantitative estimate of drug-likeness (QED) is 0.585. The molecule has 2 fully saturated rings. The normalized spacial score (nSPS) is 27.3. The Hall–Kier alpha value is -0.650. The van der Waals surface area contributed by atoms with Gasteiger partial charge in [-0.05, 0) is 38.9 Å². The van der Waals surface area contributed by atoms with Gasteiger partial charge >= 0.3 is 0 Å². The molecule has 2 saturated heterocycles. The second-order valence-corrected chi connectivity index (χ2v) is 5.86. The third kappa shape index (κ3) is 3.91. The number of hydrogen-bond acceptors (Lipinski definition) is 4. The molecule has 4 nitrogen and oxygen atoms in total. The van der Waals surface area contributed by atoms with Crippen LogP contribution in [0.25, 0.3) is 0 Å². The van der Waals surface area contributed by atoms with Crippen molar-refractivity contribution in [1.82, 2.24) is 4.90 Å². The van der Waals surface area contributed by atoms with Crippen molar-refractivity contribution >= 4 is 17.4 Å². The average Bonchev–Trinajstić information content (AvgIpc) is 2.97. The summed E-state index contributed by atoms with van der Waals surface area (Å²) in [6.45, 7) is 10.1. The molecule has 108 valence electrons. The lowest BCUT2D eigenvalue weighted by Crippen LogP contribution is -2.38. The molecule has 2 aliphatic rings. The van der Waals surface area contributed by atoms with Crippen LogP contribution in [0.1, 0.15) is 33.1 Å². The van der Waals surface area contributed by atoms with E-state index in [-0.39, 0.29) is 12.2 Å². The first-order valence-electron chi connectivity index (χ1n) is 6.90. The molecular formula is C14H23NO3S. The van der Waals surface area contributed by atoms with Crippen LogP contribution < -0.4 is 0 Å². The molecular weight excluding hydrogens is 262 g/mol. The number of hydrogen-bond donors (Lipinski definition) is 0. The Morgan fingerprint density at radius 2 is 2.21 bits per heavy atom. The predicted molar refractivity (Wildman–Crippen MR) is 78.0 cm³/mol. The highest BCUT2D eigenvalue weighted by atomic mass is 32.1. The molecule has 0 radical (unpaired) electrons. The van der Waals surface area contributed by atoms with E-state index in [1.807, 2.05) is 19.9 Å². The van der Waals surface area contributed by atoms with E-state index < -0.39 is 5.79 Å². The molecule has 2 heterocycles. The molecule has 0 aliphatic carbocycles. The van der Waals surface area contributed by atoms with Gasteiger partial charge in [0, 0.05) is 19.5 Å². The van der Waals surface area contributed by atoms with Crippen LogP contribution >= 0.6 is 12.2 Å². The van der Waals surface area contributed by atoms with Crippen LogP contribution in [-0.4, -0.2) is 47.8 Å². The molecule has 5 heteroatoms. The van der Waals surface area contributed by atoms with Crippen LogP contribution in [0, 0.1) is 0 Å². The largest absolute Gasteiger partial charge is 0.464 e. The predicted octanol–water partition coefficient (Wildman–Crippen LogP) is 2.48. The number of rotatable bonds is 4. The Morgan fingerprint density at radius 3 is 2.74 bits per heavy atom. The Kier molecular flexibility index (Phi) is 4.81. The standard InChI is InChI=1S/C14H23NO3S/c1-4-7-11(12-10-16-14(2,3)18-12)17-13(19)15-8-5-6-9-15/h4,11-12H,1,5-10H2,2-3H3/t11-,12+/m0/s1. The Bertz CT molecular complexity index is 340. The van der Waals surface area contributed by atoms with E-state index in [1.165, 1.54) is 12.8 Å². The second-order valence-electron chi connectivity index (χ2n) is 5.51. The van der Waals surface area contributed by atoms with Gasteiger partial charge in [0.25, 0.3) is 5.17 Å². The van der Waals surface area contributed by atoms with E-state index in [2.05, 4.69) is 11.5 Å². The lowest BCUT2D eigenvalue weighted by Gasteiger charge is -2.27. The summed E-state index contributed by atoms with van der Waals surface area (Å²) in [6, 6.07) is 0.